The SMILES string of the molecule is Cc1cc(C)c(C)c(SCC(=O)N(c2ccccc2)[C@@H]2CCS(=O)(=O)C2)c1C. The van der Waals surface area contributed by atoms with Crippen LogP contribution < -0.4 is 4.90 Å². The molecule has 0 saturated carbocycles. The van der Waals surface area contributed by atoms with Gasteiger partial charge in [-0.25, -0.2) is 8.42 Å². The number of para-hydroxylation sites is 1. The van der Waals surface area contributed by atoms with Crippen molar-refractivity contribution in [3.8, 4) is 0 Å². The number of carbonyl (C=O) groups excluding carboxylic acids is 1. The monoisotopic (exact) mass is 417 g/mol. The molecular formula is C22H27NO3S2. The number of hydrogen-bond donors (Lipinski definition) is 0. The number of carbonyl (C=O) groups is 1. The largest absolute Gasteiger partial charge is 0.308 e. The number of thioether (sulfide) groups is 1. The minimum atomic E-state index is -3.07. The maximum absolute atomic E-state index is 13.2. The van der Waals surface area contributed by atoms with Crippen molar-refractivity contribution < 1.29 is 13.2 Å². The van der Waals surface area contributed by atoms with Crippen molar-refractivity contribution >= 4 is 33.2 Å². The van der Waals surface area contributed by atoms with Gasteiger partial charge in [-0.3, -0.25) is 4.79 Å². The summed E-state index contributed by atoms with van der Waals surface area (Å²) in [4.78, 5) is 16.1. The van der Waals surface area contributed by atoms with Gasteiger partial charge in [0, 0.05) is 10.6 Å². The van der Waals surface area contributed by atoms with Gasteiger partial charge in [0.25, 0.3) is 0 Å². The molecular weight excluding hydrogens is 390 g/mol. The summed E-state index contributed by atoms with van der Waals surface area (Å²) >= 11 is 1.55. The molecule has 1 aliphatic rings. The van der Waals surface area contributed by atoms with E-state index in [1.807, 2.05) is 30.3 Å². The number of nitrogens with zero attached hydrogens (tertiary/aromatic N) is 1. The first-order valence-electron chi connectivity index (χ1n) is 9.47. The molecule has 1 atom stereocenters. The molecule has 1 fully saturated rings. The molecule has 150 valence electrons. The quantitative estimate of drug-likeness (QED) is 0.683. The zero-order valence-corrected chi connectivity index (χ0v) is 18.5. The van der Waals surface area contributed by atoms with E-state index in [9.17, 15) is 13.2 Å². The third-order valence-corrected chi connectivity index (χ3v) is 8.56. The van der Waals surface area contributed by atoms with Gasteiger partial charge in [0.2, 0.25) is 5.91 Å². The third kappa shape index (κ3) is 4.44. The van der Waals surface area contributed by atoms with Crippen molar-refractivity contribution in [1.82, 2.24) is 0 Å². The second kappa shape index (κ2) is 8.29. The van der Waals surface area contributed by atoms with Crippen LogP contribution in [0.4, 0.5) is 5.69 Å². The summed E-state index contributed by atoms with van der Waals surface area (Å²) in [6.45, 7) is 8.36. The van der Waals surface area contributed by atoms with E-state index >= 15 is 0 Å². The molecule has 0 N–H and O–H groups in total. The van der Waals surface area contributed by atoms with Crippen LogP contribution in [0.15, 0.2) is 41.3 Å². The lowest BCUT2D eigenvalue weighted by atomic mass is 10.0. The van der Waals surface area contributed by atoms with Crippen LogP contribution in [0.5, 0.6) is 0 Å². The van der Waals surface area contributed by atoms with Gasteiger partial charge in [0.1, 0.15) is 0 Å². The normalized spacial score (nSPS) is 18.2. The predicted octanol–water partition coefficient (Wildman–Crippen LogP) is 4.23. The van der Waals surface area contributed by atoms with Gasteiger partial charge in [-0.2, -0.15) is 0 Å². The molecule has 28 heavy (non-hydrogen) atoms. The number of anilines is 1. The highest BCUT2D eigenvalue weighted by Gasteiger charge is 2.35. The van der Waals surface area contributed by atoms with Gasteiger partial charge >= 0.3 is 0 Å². The van der Waals surface area contributed by atoms with Gasteiger partial charge in [0.05, 0.1) is 23.3 Å². The summed E-state index contributed by atoms with van der Waals surface area (Å²) < 4.78 is 24.0. The Morgan fingerprint density at radius 2 is 1.68 bits per heavy atom. The smallest absolute Gasteiger partial charge is 0.237 e. The highest BCUT2D eigenvalue weighted by atomic mass is 32.2. The lowest BCUT2D eigenvalue weighted by Gasteiger charge is -2.28. The standard InChI is InChI=1S/C22H27NO3S2/c1-15-12-16(2)18(4)22(17(15)3)27-13-21(24)23(19-8-6-5-7-9-19)20-10-11-28(25,26)14-20/h5-9,12,20H,10-11,13-14H2,1-4H3/t20-/m1/s1. The van der Waals surface area contributed by atoms with E-state index in [-0.39, 0.29) is 29.2 Å². The molecule has 4 nitrogen and oxygen atoms in total. The van der Waals surface area contributed by atoms with Gasteiger partial charge < -0.3 is 4.90 Å². The first kappa shape index (κ1) is 20.9. The Morgan fingerprint density at radius 3 is 2.21 bits per heavy atom. The van der Waals surface area contributed by atoms with Gasteiger partial charge in [-0.15, -0.1) is 11.8 Å². The van der Waals surface area contributed by atoms with E-state index in [1.54, 1.807) is 16.7 Å². The van der Waals surface area contributed by atoms with Crippen molar-refractivity contribution in [1.29, 1.82) is 0 Å². The average molecular weight is 418 g/mol. The predicted molar refractivity (Wildman–Crippen MR) is 117 cm³/mol. The molecule has 0 spiro atoms. The van der Waals surface area contributed by atoms with Crippen molar-refractivity contribution in [2.45, 2.75) is 45.1 Å². The molecule has 6 heteroatoms. The van der Waals surface area contributed by atoms with Crippen LogP contribution in [-0.4, -0.2) is 37.6 Å². The van der Waals surface area contributed by atoms with Crippen LogP contribution >= 0.6 is 11.8 Å². The highest BCUT2D eigenvalue weighted by molar-refractivity contribution is 8.00. The van der Waals surface area contributed by atoms with Gasteiger partial charge in [0.15, 0.2) is 9.84 Å². The summed E-state index contributed by atoms with van der Waals surface area (Å²) in [7, 11) is -3.07. The molecule has 1 heterocycles. The lowest BCUT2D eigenvalue weighted by Crippen LogP contribution is -2.42. The van der Waals surface area contributed by atoms with E-state index in [0.717, 1.165) is 10.6 Å². The number of sulfone groups is 1. The Labute approximate surface area is 172 Å². The van der Waals surface area contributed by atoms with Crippen molar-refractivity contribution in [3.05, 3.63) is 58.7 Å². The Balaban J connectivity index is 1.85. The van der Waals surface area contributed by atoms with E-state index in [1.165, 1.54) is 22.3 Å². The Morgan fingerprint density at radius 1 is 1.07 bits per heavy atom. The first-order chi connectivity index (χ1) is 13.2. The van der Waals surface area contributed by atoms with Gasteiger partial charge in [-0.1, -0.05) is 24.3 Å². The number of benzene rings is 2. The molecule has 1 saturated heterocycles. The molecule has 2 aromatic carbocycles. The molecule has 0 radical (unpaired) electrons. The summed E-state index contributed by atoms with van der Waals surface area (Å²) in [5.74, 6) is 0.434. The maximum atomic E-state index is 13.2. The molecule has 0 unspecified atom stereocenters. The van der Waals surface area contributed by atoms with Crippen LogP contribution in [-0.2, 0) is 14.6 Å². The fourth-order valence-corrected chi connectivity index (χ4v) is 6.59. The van der Waals surface area contributed by atoms with Crippen molar-refractivity contribution in [3.63, 3.8) is 0 Å². The molecule has 1 amide bonds. The zero-order valence-electron chi connectivity index (χ0n) is 16.9. The second-order valence-electron chi connectivity index (χ2n) is 7.53. The fraction of sp³-hybridized carbons (Fsp3) is 0.409. The topological polar surface area (TPSA) is 54.5 Å². The number of aryl methyl sites for hydroxylation is 2. The number of hydrogen-bond acceptors (Lipinski definition) is 4. The molecule has 3 rings (SSSR count). The van der Waals surface area contributed by atoms with E-state index in [2.05, 4.69) is 33.8 Å². The number of rotatable bonds is 5. The molecule has 0 bridgehead atoms. The summed E-state index contributed by atoms with van der Waals surface area (Å²) in [6, 6.07) is 11.3. The molecule has 1 aliphatic heterocycles. The molecule has 0 aromatic heterocycles. The third-order valence-electron chi connectivity index (χ3n) is 5.51. The van der Waals surface area contributed by atoms with Crippen LogP contribution in [0.25, 0.3) is 0 Å². The van der Waals surface area contributed by atoms with E-state index in [0.29, 0.717) is 6.42 Å². The van der Waals surface area contributed by atoms with Crippen LogP contribution in [0.1, 0.15) is 28.7 Å². The molecule has 0 aliphatic carbocycles. The minimum Gasteiger partial charge on any atom is -0.308 e. The fourth-order valence-electron chi connectivity index (χ4n) is 3.73. The first-order valence-corrected chi connectivity index (χ1v) is 12.3. The summed E-state index contributed by atoms with van der Waals surface area (Å²) in [5.41, 5.74) is 5.62. The lowest BCUT2D eigenvalue weighted by molar-refractivity contribution is -0.116. The molecule has 2 aromatic rings. The van der Waals surface area contributed by atoms with Crippen LogP contribution in [0.2, 0.25) is 0 Å². The Hall–Kier alpha value is -1.79. The van der Waals surface area contributed by atoms with Crippen LogP contribution in [0, 0.1) is 27.7 Å². The van der Waals surface area contributed by atoms with Gasteiger partial charge in [-0.05, 0) is 68.5 Å². The Bertz CT molecular complexity index is 958. The van der Waals surface area contributed by atoms with E-state index in [4.69, 9.17) is 0 Å². The minimum absolute atomic E-state index is 0.0416. The van der Waals surface area contributed by atoms with Crippen LogP contribution in [0.3, 0.4) is 0 Å². The average Bonchev–Trinajstić information content (AvgIpc) is 3.00. The summed E-state index contributed by atoms with van der Waals surface area (Å²) in [5, 5.41) is 0. The Kier molecular flexibility index (Phi) is 6.20. The zero-order chi connectivity index (χ0) is 20.5. The maximum Gasteiger partial charge on any atom is 0.237 e. The second-order valence-corrected chi connectivity index (χ2v) is 10.7. The van der Waals surface area contributed by atoms with Crippen molar-refractivity contribution in [2.24, 2.45) is 0 Å². The highest BCUT2D eigenvalue weighted by Crippen LogP contribution is 2.32. The summed E-state index contributed by atoms with van der Waals surface area (Å²) in [6.07, 6.45) is 0.495. The van der Waals surface area contributed by atoms with E-state index < -0.39 is 9.84 Å². The van der Waals surface area contributed by atoms with Crippen molar-refractivity contribution in [2.75, 3.05) is 22.2 Å². The number of amides is 1.